The summed E-state index contributed by atoms with van der Waals surface area (Å²) in [6, 6.07) is 5.75. The number of thioether (sulfide) groups is 1. The van der Waals surface area contributed by atoms with E-state index >= 15 is 0 Å². The maximum Gasteiger partial charge on any atom is 0.161 e. The average molecular weight is 362 g/mol. The van der Waals surface area contributed by atoms with Crippen molar-refractivity contribution in [3.63, 3.8) is 0 Å². The van der Waals surface area contributed by atoms with Crippen molar-refractivity contribution in [1.29, 1.82) is 0 Å². The van der Waals surface area contributed by atoms with E-state index in [0.717, 1.165) is 32.8 Å². The van der Waals surface area contributed by atoms with Crippen molar-refractivity contribution in [2.24, 2.45) is 10.9 Å². The minimum absolute atomic E-state index is 0.614. The molecule has 0 spiro atoms. The van der Waals surface area contributed by atoms with E-state index in [-0.39, 0.29) is 0 Å². The second-order valence-corrected chi connectivity index (χ2v) is 7.15. The highest BCUT2D eigenvalue weighted by Gasteiger charge is 2.26. The van der Waals surface area contributed by atoms with Crippen LogP contribution in [0.25, 0.3) is 0 Å². The monoisotopic (exact) mass is 360 g/mol. The predicted octanol–water partition coefficient (Wildman–Crippen LogP) is 5.42. The molecule has 1 aromatic carbocycles. The van der Waals surface area contributed by atoms with Gasteiger partial charge in [0.15, 0.2) is 5.17 Å². The summed E-state index contributed by atoms with van der Waals surface area (Å²) in [6.07, 6.45) is 2.45. The van der Waals surface area contributed by atoms with Gasteiger partial charge in [-0.1, -0.05) is 50.1 Å². The SMILES string of the molecule is CCC(CC)C1CN=C(Nc2ccc(Cl)cc2Br)S1. The molecule has 0 saturated heterocycles. The van der Waals surface area contributed by atoms with E-state index in [0.29, 0.717) is 5.25 Å². The zero-order chi connectivity index (χ0) is 13.8. The van der Waals surface area contributed by atoms with E-state index in [1.54, 1.807) is 0 Å². The molecule has 1 aliphatic heterocycles. The molecule has 19 heavy (non-hydrogen) atoms. The van der Waals surface area contributed by atoms with Gasteiger partial charge in [0.2, 0.25) is 0 Å². The number of halogens is 2. The van der Waals surface area contributed by atoms with Crippen molar-refractivity contribution in [1.82, 2.24) is 0 Å². The third-order valence-corrected chi connectivity index (χ3v) is 5.61. The van der Waals surface area contributed by atoms with E-state index < -0.39 is 0 Å². The van der Waals surface area contributed by atoms with Crippen molar-refractivity contribution in [2.45, 2.75) is 31.9 Å². The first kappa shape index (κ1) is 15.2. The van der Waals surface area contributed by atoms with Crippen molar-refractivity contribution >= 4 is 50.1 Å². The lowest BCUT2D eigenvalue weighted by Crippen LogP contribution is -2.17. The maximum absolute atomic E-state index is 5.94. The highest BCUT2D eigenvalue weighted by molar-refractivity contribution is 9.10. The smallest absolute Gasteiger partial charge is 0.161 e. The Hall–Kier alpha value is -0.190. The van der Waals surface area contributed by atoms with Crippen molar-refractivity contribution in [2.75, 3.05) is 11.9 Å². The van der Waals surface area contributed by atoms with Gasteiger partial charge in [-0.3, -0.25) is 4.99 Å². The molecule has 1 atom stereocenters. The van der Waals surface area contributed by atoms with Gasteiger partial charge < -0.3 is 5.32 Å². The van der Waals surface area contributed by atoms with E-state index in [2.05, 4.69) is 40.1 Å². The molecule has 5 heteroatoms. The van der Waals surface area contributed by atoms with E-state index in [9.17, 15) is 0 Å². The van der Waals surface area contributed by atoms with Crippen LogP contribution in [0.2, 0.25) is 5.02 Å². The van der Waals surface area contributed by atoms with Crippen molar-refractivity contribution < 1.29 is 0 Å². The molecule has 2 rings (SSSR count). The van der Waals surface area contributed by atoms with Gasteiger partial charge in [0.05, 0.1) is 12.2 Å². The zero-order valence-corrected chi connectivity index (χ0v) is 14.3. The Morgan fingerprint density at radius 1 is 1.47 bits per heavy atom. The van der Waals surface area contributed by atoms with Crippen LogP contribution >= 0.6 is 39.3 Å². The highest BCUT2D eigenvalue weighted by atomic mass is 79.9. The number of anilines is 1. The largest absolute Gasteiger partial charge is 0.334 e. The summed E-state index contributed by atoms with van der Waals surface area (Å²) in [4.78, 5) is 4.61. The van der Waals surface area contributed by atoms with Crippen LogP contribution < -0.4 is 5.32 Å². The molecule has 0 radical (unpaired) electrons. The minimum Gasteiger partial charge on any atom is -0.334 e. The lowest BCUT2D eigenvalue weighted by molar-refractivity contribution is 0.479. The number of nitrogens with zero attached hydrogens (tertiary/aromatic N) is 1. The van der Waals surface area contributed by atoms with Crippen LogP contribution in [0.15, 0.2) is 27.7 Å². The Morgan fingerprint density at radius 3 is 2.84 bits per heavy atom. The first-order valence-electron chi connectivity index (χ1n) is 6.57. The molecule has 0 saturated carbocycles. The van der Waals surface area contributed by atoms with Crippen molar-refractivity contribution in [3.8, 4) is 0 Å². The van der Waals surface area contributed by atoms with Gasteiger partial charge in [0.25, 0.3) is 0 Å². The van der Waals surface area contributed by atoms with E-state index in [1.165, 1.54) is 12.8 Å². The molecular formula is C14H18BrClN2S. The Bertz CT molecular complexity index is 475. The lowest BCUT2D eigenvalue weighted by atomic mass is 9.99. The highest BCUT2D eigenvalue weighted by Crippen LogP contribution is 2.33. The molecule has 0 aliphatic carbocycles. The molecule has 2 nitrogen and oxygen atoms in total. The molecule has 1 aromatic rings. The summed E-state index contributed by atoms with van der Waals surface area (Å²) >= 11 is 11.3. The number of hydrogen-bond donors (Lipinski definition) is 1. The van der Waals surface area contributed by atoms with Crippen LogP contribution in [0, 0.1) is 5.92 Å². The molecule has 0 aromatic heterocycles. The summed E-state index contributed by atoms with van der Waals surface area (Å²) in [7, 11) is 0. The Labute approximate surface area is 132 Å². The number of amidine groups is 1. The number of aliphatic imine (C=N–C) groups is 1. The van der Waals surface area contributed by atoms with Gasteiger partial charge in [0.1, 0.15) is 0 Å². The second-order valence-electron chi connectivity index (χ2n) is 4.63. The summed E-state index contributed by atoms with van der Waals surface area (Å²) in [5.41, 5.74) is 1.01. The number of rotatable bonds is 4. The fraction of sp³-hybridized carbons (Fsp3) is 0.500. The summed E-state index contributed by atoms with van der Waals surface area (Å²) < 4.78 is 0.967. The van der Waals surface area contributed by atoms with Crippen LogP contribution in [0.1, 0.15) is 26.7 Å². The van der Waals surface area contributed by atoms with Gasteiger partial charge >= 0.3 is 0 Å². The number of nitrogens with one attached hydrogen (secondary N) is 1. The first-order valence-corrected chi connectivity index (χ1v) is 8.62. The fourth-order valence-corrected chi connectivity index (χ4v) is 4.34. The van der Waals surface area contributed by atoms with Crippen LogP contribution in [-0.2, 0) is 0 Å². The van der Waals surface area contributed by atoms with Crippen LogP contribution in [0.4, 0.5) is 5.69 Å². The molecule has 1 heterocycles. The fourth-order valence-electron chi connectivity index (χ4n) is 2.23. The quantitative estimate of drug-likeness (QED) is 0.774. The third kappa shape index (κ3) is 3.89. The van der Waals surface area contributed by atoms with Crippen molar-refractivity contribution in [3.05, 3.63) is 27.7 Å². The Kier molecular flexibility index (Phi) is 5.60. The van der Waals surface area contributed by atoms with Crippen LogP contribution in [-0.4, -0.2) is 17.0 Å². The van der Waals surface area contributed by atoms with Gasteiger partial charge in [-0.25, -0.2) is 0 Å². The van der Waals surface area contributed by atoms with E-state index in [1.807, 2.05) is 30.0 Å². The first-order chi connectivity index (χ1) is 9.13. The van der Waals surface area contributed by atoms with Crippen LogP contribution in [0.3, 0.4) is 0 Å². The van der Waals surface area contributed by atoms with E-state index in [4.69, 9.17) is 11.6 Å². The molecule has 0 amide bonds. The normalized spacial score (nSPS) is 18.8. The topological polar surface area (TPSA) is 24.4 Å². The number of hydrogen-bond acceptors (Lipinski definition) is 3. The summed E-state index contributed by atoms with van der Waals surface area (Å²) in [6.45, 7) is 5.44. The molecule has 1 aliphatic rings. The maximum atomic E-state index is 5.94. The summed E-state index contributed by atoms with van der Waals surface area (Å²) in [5.74, 6) is 0.752. The minimum atomic E-state index is 0.614. The molecule has 1 N–H and O–H groups in total. The average Bonchev–Trinajstić information content (AvgIpc) is 2.83. The second kappa shape index (κ2) is 7.00. The van der Waals surface area contributed by atoms with Gasteiger partial charge in [0, 0.05) is 14.7 Å². The van der Waals surface area contributed by atoms with Gasteiger partial charge in [-0.05, 0) is 40.0 Å². The molecule has 0 bridgehead atoms. The Balaban J connectivity index is 1.98. The number of benzene rings is 1. The van der Waals surface area contributed by atoms with Crippen LogP contribution in [0.5, 0.6) is 0 Å². The molecule has 1 unspecified atom stereocenters. The third-order valence-electron chi connectivity index (χ3n) is 3.43. The molecular weight excluding hydrogens is 344 g/mol. The molecule has 0 fully saturated rings. The standard InChI is InChI=1S/C14H18BrClN2S/c1-3-9(4-2)13-8-17-14(19-13)18-12-6-5-10(16)7-11(12)15/h5-7,9,13H,3-4,8H2,1-2H3,(H,17,18). The Morgan fingerprint density at radius 2 is 2.21 bits per heavy atom. The zero-order valence-electron chi connectivity index (χ0n) is 11.1. The molecule has 104 valence electrons. The van der Waals surface area contributed by atoms with Gasteiger partial charge in [-0.15, -0.1) is 0 Å². The lowest BCUT2D eigenvalue weighted by Gasteiger charge is -2.18. The summed E-state index contributed by atoms with van der Waals surface area (Å²) in [5, 5.41) is 5.74. The predicted molar refractivity (Wildman–Crippen MR) is 90.5 cm³/mol. The van der Waals surface area contributed by atoms with Gasteiger partial charge in [-0.2, -0.15) is 0 Å².